The van der Waals surface area contributed by atoms with E-state index < -0.39 is 0 Å². The van der Waals surface area contributed by atoms with E-state index >= 15 is 0 Å². The van der Waals surface area contributed by atoms with Gasteiger partial charge in [-0.1, -0.05) is 0 Å². The van der Waals surface area contributed by atoms with Crippen molar-refractivity contribution in [2.24, 2.45) is 5.73 Å². The molecule has 4 nitrogen and oxygen atoms in total. The second-order valence-electron chi connectivity index (χ2n) is 3.32. The molecule has 82 valence electrons. The van der Waals surface area contributed by atoms with E-state index in [1.165, 1.54) is 0 Å². The third kappa shape index (κ3) is 3.04. The van der Waals surface area contributed by atoms with Gasteiger partial charge in [0.05, 0.1) is 13.2 Å². The van der Waals surface area contributed by atoms with Crippen molar-refractivity contribution in [3.8, 4) is 0 Å². The third-order valence-electron chi connectivity index (χ3n) is 2.25. The van der Waals surface area contributed by atoms with Crippen molar-refractivity contribution < 1.29 is 9.90 Å². The van der Waals surface area contributed by atoms with Crippen molar-refractivity contribution in [3.63, 3.8) is 0 Å². The molecule has 0 radical (unpaired) electrons. The average molecular weight is 208 g/mol. The van der Waals surface area contributed by atoms with Crippen molar-refractivity contribution in [2.45, 2.75) is 0 Å². The number of likely N-dealkylation sites (N-methyl/N-ethyl adjacent to an activating group) is 1. The van der Waals surface area contributed by atoms with Crippen molar-refractivity contribution in [2.75, 3.05) is 31.6 Å². The quantitative estimate of drug-likeness (QED) is 0.681. The number of rotatable bonds is 5. The molecular weight excluding hydrogens is 192 g/mol. The number of aliphatic hydroxyl groups is 1. The molecule has 1 aromatic carbocycles. The molecule has 0 saturated carbocycles. The smallest absolute Gasteiger partial charge is 0.176 e. The topological polar surface area (TPSA) is 66.6 Å². The predicted octanol–water partition coefficient (Wildman–Crippen LogP) is 0.256. The lowest BCUT2D eigenvalue weighted by Gasteiger charge is -2.17. The van der Waals surface area contributed by atoms with E-state index in [4.69, 9.17) is 10.8 Å². The standard InChI is InChI=1S/C11H16N2O2/c1-13(6-7-14)10-4-2-9(3-5-10)11(15)8-12/h2-5,14H,6-8,12H2,1H3. The number of anilines is 1. The van der Waals surface area contributed by atoms with Crippen LogP contribution in [0.2, 0.25) is 0 Å². The maximum atomic E-state index is 11.2. The summed E-state index contributed by atoms with van der Waals surface area (Å²) in [7, 11) is 1.88. The van der Waals surface area contributed by atoms with Gasteiger partial charge in [0.15, 0.2) is 5.78 Å². The van der Waals surface area contributed by atoms with Gasteiger partial charge in [-0.25, -0.2) is 0 Å². The highest BCUT2D eigenvalue weighted by Gasteiger charge is 2.04. The maximum Gasteiger partial charge on any atom is 0.176 e. The third-order valence-corrected chi connectivity index (χ3v) is 2.25. The molecule has 0 aliphatic rings. The second kappa shape index (κ2) is 5.48. The molecule has 0 saturated heterocycles. The van der Waals surface area contributed by atoms with Crippen molar-refractivity contribution in [3.05, 3.63) is 29.8 Å². The van der Waals surface area contributed by atoms with Gasteiger partial charge in [0.1, 0.15) is 0 Å². The van der Waals surface area contributed by atoms with Gasteiger partial charge >= 0.3 is 0 Å². The van der Waals surface area contributed by atoms with Crippen molar-refractivity contribution in [1.29, 1.82) is 0 Å². The first-order valence-electron chi connectivity index (χ1n) is 4.84. The van der Waals surface area contributed by atoms with Crippen molar-refractivity contribution >= 4 is 11.5 Å². The highest BCUT2D eigenvalue weighted by molar-refractivity contribution is 5.97. The molecule has 0 bridgehead atoms. The van der Waals surface area contributed by atoms with Crippen LogP contribution < -0.4 is 10.6 Å². The van der Waals surface area contributed by atoms with Crippen LogP contribution in [0.3, 0.4) is 0 Å². The number of carbonyl (C=O) groups excluding carboxylic acids is 1. The molecule has 0 unspecified atom stereocenters. The minimum Gasteiger partial charge on any atom is -0.395 e. The molecule has 0 aliphatic heterocycles. The average Bonchev–Trinajstić information content (AvgIpc) is 2.28. The fourth-order valence-electron chi connectivity index (χ4n) is 1.30. The first-order valence-corrected chi connectivity index (χ1v) is 4.84. The van der Waals surface area contributed by atoms with Gasteiger partial charge in [-0.05, 0) is 24.3 Å². The molecule has 0 atom stereocenters. The fraction of sp³-hybridized carbons (Fsp3) is 0.364. The Labute approximate surface area is 89.3 Å². The summed E-state index contributed by atoms with van der Waals surface area (Å²) in [5.41, 5.74) is 6.85. The number of carbonyl (C=O) groups is 1. The predicted molar refractivity (Wildman–Crippen MR) is 60.2 cm³/mol. The number of hydrogen-bond acceptors (Lipinski definition) is 4. The molecule has 1 aromatic rings. The molecule has 0 heterocycles. The number of benzene rings is 1. The first kappa shape index (κ1) is 11.7. The molecular formula is C11H16N2O2. The minimum atomic E-state index is -0.0636. The van der Waals surface area contributed by atoms with Crippen LogP contribution in [-0.4, -0.2) is 37.6 Å². The summed E-state index contributed by atoms with van der Waals surface area (Å²) in [5, 5.41) is 8.77. The summed E-state index contributed by atoms with van der Waals surface area (Å²) in [4.78, 5) is 13.2. The zero-order chi connectivity index (χ0) is 11.3. The highest BCUT2D eigenvalue weighted by Crippen LogP contribution is 2.13. The zero-order valence-electron chi connectivity index (χ0n) is 8.81. The molecule has 3 N–H and O–H groups in total. The Morgan fingerprint density at radius 1 is 1.40 bits per heavy atom. The first-order chi connectivity index (χ1) is 7.19. The lowest BCUT2D eigenvalue weighted by atomic mass is 10.1. The molecule has 0 fully saturated rings. The van der Waals surface area contributed by atoms with Crippen LogP contribution in [-0.2, 0) is 0 Å². The number of Topliss-reactive ketones (excluding diaryl/α,β-unsaturated/α-hetero) is 1. The molecule has 15 heavy (non-hydrogen) atoms. The monoisotopic (exact) mass is 208 g/mol. The SMILES string of the molecule is CN(CCO)c1ccc(C(=O)CN)cc1. The molecule has 0 spiro atoms. The Morgan fingerprint density at radius 3 is 2.47 bits per heavy atom. The van der Waals surface area contributed by atoms with E-state index in [0.29, 0.717) is 12.1 Å². The van der Waals surface area contributed by atoms with Crippen LogP contribution in [0.4, 0.5) is 5.69 Å². The van der Waals surface area contributed by atoms with E-state index in [2.05, 4.69) is 0 Å². The number of ketones is 1. The largest absolute Gasteiger partial charge is 0.395 e. The van der Waals surface area contributed by atoms with Crippen LogP contribution in [0.25, 0.3) is 0 Å². The van der Waals surface area contributed by atoms with Gasteiger partial charge in [0.25, 0.3) is 0 Å². The van der Waals surface area contributed by atoms with Crippen LogP contribution >= 0.6 is 0 Å². The summed E-state index contributed by atoms with van der Waals surface area (Å²) in [6.45, 7) is 0.718. The lowest BCUT2D eigenvalue weighted by molar-refractivity contribution is 0.100. The Kier molecular flexibility index (Phi) is 4.27. The van der Waals surface area contributed by atoms with Gasteiger partial charge in [0, 0.05) is 24.8 Å². The van der Waals surface area contributed by atoms with Gasteiger partial charge in [-0.3, -0.25) is 4.79 Å². The van der Waals surface area contributed by atoms with Gasteiger partial charge in [-0.2, -0.15) is 0 Å². The highest BCUT2D eigenvalue weighted by atomic mass is 16.3. The molecule has 4 heteroatoms. The maximum absolute atomic E-state index is 11.2. The summed E-state index contributed by atoms with van der Waals surface area (Å²) < 4.78 is 0. The van der Waals surface area contributed by atoms with Gasteiger partial charge in [0.2, 0.25) is 0 Å². The Bertz CT molecular complexity index is 322. The van der Waals surface area contributed by atoms with E-state index in [1.807, 2.05) is 24.1 Å². The Balaban J connectivity index is 2.76. The van der Waals surface area contributed by atoms with E-state index in [0.717, 1.165) is 5.69 Å². The second-order valence-corrected chi connectivity index (χ2v) is 3.32. The number of aliphatic hydroxyl groups excluding tert-OH is 1. The van der Waals surface area contributed by atoms with Gasteiger partial charge in [-0.15, -0.1) is 0 Å². The normalized spacial score (nSPS) is 10.1. The summed E-state index contributed by atoms with van der Waals surface area (Å²) in [6, 6.07) is 7.19. The Morgan fingerprint density at radius 2 is 2.00 bits per heavy atom. The van der Waals surface area contributed by atoms with Crippen LogP contribution in [0.1, 0.15) is 10.4 Å². The van der Waals surface area contributed by atoms with E-state index in [9.17, 15) is 4.79 Å². The number of hydrogen-bond donors (Lipinski definition) is 2. The molecule has 1 rings (SSSR count). The van der Waals surface area contributed by atoms with Crippen molar-refractivity contribution in [1.82, 2.24) is 0 Å². The van der Waals surface area contributed by atoms with Crippen LogP contribution in [0.5, 0.6) is 0 Å². The summed E-state index contributed by atoms with van der Waals surface area (Å²) >= 11 is 0. The van der Waals surface area contributed by atoms with Crippen LogP contribution in [0.15, 0.2) is 24.3 Å². The van der Waals surface area contributed by atoms with E-state index in [1.54, 1.807) is 12.1 Å². The van der Waals surface area contributed by atoms with Gasteiger partial charge < -0.3 is 15.7 Å². The lowest BCUT2D eigenvalue weighted by Crippen LogP contribution is -2.21. The fourth-order valence-corrected chi connectivity index (χ4v) is 1.30. The molecule has 0 amide bonds. The summed E-state index contributed by atoms with van der Waals surface area (Å²) in [5.74, 6) is -0.0636. The summed E-state index contributed by atoms with van der Waals surface area (Å²) in [6.07, 6.45) is 0. The Hall–Kier alpha value is -1.39. The number of nitrogens with zero attached hydrogens (tertiary/aromatic N) is 1. The number of nitrogens with two attached hydrogens (primary N) is 1. The minimum absolute atomic E-state index is 0.0336. The van der Waals surface area contributed by atoms with Crippen LogP contribution in [0, 0.1) is 0 Å². The zero-order valence-corrected chi connectivity index (χ0v) is 8.81. The van der Waals surface area contributed by atoms with E-state index in [-0.39, 0.29) is 18.9 Å². The molecule has 0 aromatic heterocycles. The molecule has 0 aliphatic carbocycles.